The lowest BCUT2D eigenvalue weighted by atomic mass is 10.1. The number of halogens is 3. The van der Waals surface area contributed by atoms with Crippen molar-refractivity contribution < 1.29 is 13.2 Å². The molecule has 3 heterocycles. The molecule has 4 rings (SSSR count). The molecule has 8 heteroatoms. The maximum absolute atomic E-state index is 13.1. The molecule has 3 aromatic heterocycles. The Morgan fingerprint density at radius 2 is 1.73 bits per heavy atom. The van der Waals surface area contributed by atoms with Gasteiger partial charge in [0.2, 0.25) is 5.95 Å². The normalized spacial score (nSPS) is 11.7. The molecular weight excluding hydrogens is 343 g/mol. The number of aromatic nitrogens is 4. The van der Waals surface area contributed by atoms with Crippen LogP contribution >= 0.6 is 0 Å². The number of hydrogen-bond acceptors (Lipinski definition) is 4. The van der Waals surface area contributed by atoms with Gasteiger partial charge in [-0.25, -0.2) is 9.97 Å². The lowest BCUT2D eigenvalue weighted by Crippen LogP contribution is -2.09. The van der Waals surface area contributed by atoms with E-state index in [0.29, 0.717) is 11.5 Å². The number of nitrogens with one attached hydrogen (secondary N) is 1. The molecule has 0 saturated heterocycles. The van der Waals surface area contributed by atoms with Crippen LogP contribution in [0, 0.1) is 0 Å². The number of hydrogen-bond donors (Lipinski definition) is 1. The van der Waals surface area contributed by atoms with Crippen molar-refractivity contribution in [1.29, 1.82) is 0 Å². The number of para-hydroxylation sites is 1. The molecule has 0 fully saturated rings. The summed E-state index contributed by atoms with van der Waals surface area (Å²) in [7, 11) is 0. The molecule has 1 aromatic carbocycles. The van der Waals surface area contributed by atoms with Gasteiger partial charge in [0.25, 0.3) is 0 Å². The fourth-order valence-electron chi connectivity index (χ4n) is 2.62. The smallest absolute Gasteiger partial charge is 0.324 e. The van der Waals surface area contributed by atoms with Gasteiger partial charge in [-0.05, 0) is 30.3 Å². The maximum atomic E-state index is 13.1. The van der Waals surface area contributed by atoms with Crippen LogP contribution in [0.1, 0.15) is 5.56 Å². The molecule has 0 aliphatic carbocycles. The molecule has 1 N–H and O–H groups in total. The Labute approximate surface area is 146 Å². The summed E-state index contributed by atoms with van der Waals surface area (Å²) >= 11 is 0. The first-order valence-electron chi connectivity index (χ1n) is 7.71. The fourth-order valence-corrected chi connectivity index (χ4v) is 2.62. The maximum Gasteiger partial charge on any atom is 0.418 e. The van der Waals surface area contributed by atoms with Crippen LogP contribution in [0.3, 0.4) is 0 Å². The predicted octanol–water partition coefficient (Wildman–Crippen LogP) is 4.58. The summed E-state index contributed by atoms with van der Waals surface area (Å²) in [6, 6.07) is 12.5. The van der Waals surface area contributed by atoms with Gasteiger partial charge in [0, 0.05) is 24.0 Å². The molecule has 4 aromatic rings. The van der Waals surface area contributed by atoms with Crippen molar-refractivity contribution in [2.75, 3.05) is 5.32 Å². The second-order valence-electron chi connectivity index (χ2n) is 5.51. The molecule has 0 bridgehead atoms. The summed E-state index contributed by atoms with van der Waals surface area (Å²) in [5.41, 5.74) is -0.329. The number of anilines is 2. The summed E-state index contributed by atoms with van der Waals surface area (Å²) in [5.74, 6) is 0.730. The molecule has 5 nitrogen and oxygen atoms in total. The third-order valence-corrected chi connectivity index (χ3v) is 3.80. The highest BCUT2D eigenvalue weighted by Crippen LogP contribution is 2.35. The van der Waals surface area contributed by atoms with Crippen molar-refractivity contribution in [3.05, 3.63) is 72.7 Å². The molecule has 130 valence electrons. The standard InChI is InChI=1S/C18H12F3N5/c19-18(20,21)13-5-1-2-6-14(13)24-17-23-11-12-8-10-26(16(12)25-17)15-7-3-4-9-22-15/h1-11H,(H,23,24,25). The number of pyridine rings is 1. The average Bonchev–Trinajstić information content (AvgIpc) is 3.05. The SMILES string of the molecule is FC(F)(F)c1ccccc1Nc1ncc2ccn(-c3ccccn3)c2n1. The van der Waals surface area contributed by atoms with Crippen molar-refractivity contribution in [3.8, 4) is 5.82 Å². The molecular formula is C18H12F3N5. The number of fused-ring (bicyclic) bond motifs is 1. The zero-order chi connectivity index (χ0) is 18.1. The van der Waals surface area contributed by atoms with Crippen LogP contribution in [-0.2, 0) is 6.18 Å². The zero-order valence-electron chi connectivity index (χ0n) is 13.3. The van der Waals surface area contributed by atoms with E-state index < -0.39 is 11.7 Å². The Hall–Kier alpha value is -3.42. The van der Waals surface area contributed by atoms with Crippen molar-refractivity contribution in [1.82, 2.24) is 19.5 Å². The van der Waals surface area contributed by atoms with Crippen molar-refractivity contribution >= 4 is 22.7 Å². The first-order chi connectivity index (χ1) is 12.5. The van der Waals surface area contributed by atoms with Crippen molar-refractivity contribution in [2.24, 2.45) is 0 Å². The van der Waals surface area contributed by atoms with E-state index in [4.69, 9.17) is 0 Å². The zero-order valence-corrected chi connectivity index (χ0v) is 13.3. The quantitative estimate of drug-likeness (QED) is 0.585. The third kappa shape index (κ3) is 2.97. The Balaban J connectivity index is 1.75. The van der Waals surface area contributed by atoms with Crippen LogP contribution in [0.5, 0.6) is 0 Å². The largest absolute Gasteiger partial charge is 0.418 e. The minimum Gasteiger partial charge on any atom is -0.324 e. The molecule has 26 heavy (non-hydrogen) atoms. The van der Waals surface area contributed by atoms with Gasteiger partial charge >= 0.3 is 6.18 Å². The first kappa shape index (κ1) is 16.1. The Kier molecular flexibility index (Phi) is 3.80. The number of benzene rings is 1. The summed E-state index contributed by atoms with van der Waals surface area (Å²) in [4.78, 5) is 12.7. The summed E-state index contributed by atoms with van der Waals surface area (Å²) < 4.78 is 41.2. The summed E-state index contributed by atoms with van der Waals surface area (Å²) in [6.07, 6.45) is 0.526. The van der Waals surface area contributed by atoms with Gasteiger partial charge in [-0.2, -0.15) is 18.2 Å². The minimum atomic E-state index is -4.47. The van der Waals surface area contributed by atoms with Crippen LogP contribution < -0.4 is 5.32 Å². The molecule has 0 radical (unpaired) electrons. The van der Waals surface area contributed by atoms with Gasteiger partial charge in [0.1, 0.15) is 5.82 Å². The number of rotatable bonds is 3. The monoisotopic (exact) mass is 355 g/mol. The molecule has 0 atom stereocenters. The lowest BCUT2D eigenvalue weighted by Gasteiger charge is -2.13. The summed E-state index contributed by atoms with van der Waals surface area (Å²) in [5, 5.41) is 3.42. The fraction of sp³-hybridized carbons (Fsp3) is 0.0556. The van der Waals surface area contributed by atoms with Gasteiger partial charge in [-0.15, -0.1) is 0 Å². The molecule has 0 aliphatic heterocycles. The Morgan fingerprint density at radius 3 is 2.50 bits per heavy atom. The predicted molar refractivity (Wildman–Crippen MR) is 91.4 cm³/mol. The van der Waals surface area contributed by atoms with Crippen LogP contribution in [-0.4, -0.2) is 19.5 Å². The Morgan fingerprint density at radius 1 is 0.923 bits per heavy atom. The van der Waals surface area contributed by atoms with Gasteiger partial charge in [0.15, 0.2) is 5.65 Å². The highest BCUT2D eigenvalue weighted by atomic mass is 19.4. The van der Waals surface area contributed by atoms with E-state index in [-0.39, 0.29) is 11.6 Å². The highest BCUT2D eigenvalue weighted by Gasteiger charge is 2.33. The van der Waals surface area contributed by atoms with Crippen molar-refractivity contribution in [3.63, 3.8) is 0 Å². The third-order valence-electron chi connectivity index (χ3n) is 3.80. The van der Waals surface area contributed by atoms with E-state index in [2.05, 4.69) is 20.3 Å². The van der Waals surface area contributed by atoms with Crippen LogP contribution in [0.2, 0.25) is 0 Å². The second-order valence-corrected chi connectivity index (χ2v) is 5.51. The lowest BCUT2D eigenvalue weighted by molar-refractivity contribution is -0.136. The molecule has 0 unspecified atom stereocenters. The van der Waals surface area contributed by atoms with Gasteiger partial charge in [-0.1, -0.05) is 18.2 Å². The highest BCUT2D eigenvalue weighted by molar-refractivity contribution is 5.78. The Bertz CT molecular complexity index is 1060. The van der Waals surface area contributed by atoms with E-state index >= 15 is 0 Å². The average molecular weight is 355 g/mol. The van der Waals surface area contributed by atoms with E-state index in [1.165, 1.54) is 18.2 Å². The van der Waals surface area contributed by atoms with Crippen LogP contribution in [0.15, 0.2) is 67.1 Å². The van der Waals surface area contributed by atoms with Crippen LogP contribution in [0.25, 0.3) is 16.9 Å². The van der Waals surface area contributed by atoms with Gasteiger partial charge < -0.3 is 5.32 Å². The van der Waals surface area contributed by atoms with Gasteiger partial charge in [-0.3, -0.25) is 4.57 Å². The van der Waals surface area contributed by atoms with Crippen LogP contribution in [0.4, 0.5) is 24.8 Å². The molecule has 0 amide bonds. The van der Waals surface area contributed by atoms with E-state index in [9.17, 15) is 13.2 Å². The van der Waals surface area contributed by atoms with Gasteiger partial charge in [0.05, 0.1) is 11.3 Å². The van der Waals surface area contributed by atoms with Crippen molar-refractivity contribution in [2.45, 2.75) is 6.18 Å². The van der Waals surface area contributed by atoms with E-state index in [1.807, 2.05) is 18.2 Å². The topological polar surface area (TPSA) is 55.6 Å². The number of nitrogens with zero attached hydrogens (tertiary/aromatic N) is 4. The molecule has 0 saturated carbocycles. The van der Waals surface area contributed by atoms with E-state index in [1.54, 1.807) is 29.2 Å². The van der Waals surface area contributed by atoms with E-state index in [0.717, 1.165) is 11.5 Å². The molecule has 0 spiro atoms. The molecule has 0 aliphatic rings. The first-order valence-corrected chi connectivity index (χ1v) is 7.71. The second kappa shape index (κ2) is 6.14. The summed E-state index contributed by atoms with van der Waals surface area (Å²) in [6.45, 7) is 0. The number of alkyl halides is 3. The minimum absolute atomic E-state index is 0.0741.